The second kappa shape index (κ2) is 9.28. The van der Waals surface area contributed by atoms with Crippen molar-refractivity contribution in [1.29, 1.82) is 0 Å². The summed E-state index contributed by atoms with van der Waals surface area (Å²) < 4.78 is 42.0. The second-order valence-electron chi connectivity index (χ2n) is 7.33. The van der Waals surface area contributed by atoms with Crippen molar-refractivity contribution in [1.82, 2.24) is 4.31 Å². The van der Waals surface area contributed by atoms with E-state index in [0.717, 1.165) is 11.8 Å². The van der Waals surface area contributed by atoms with Crippen molar-refractivity contribution < 1.29 is 17.6 Å². The molecule has 0 unspecified atom stereocenters. The number of anilines is 2. The molecule has 9 heteroatoms. The van der Waals surface area contributed by atoms with Crippen LogP contribution >= 0.6 is 11.6 Å². The number of benzene rings is 3. The van der Waals surface area contributed by atoms with Crippen molar-refractivity contribution in [2.45, 2.75) is 4.90 Å². The van der Waals surface area contributed by atoms with E-state index in [1.807, 2.05) is 30.3 Å². The Labute approximate surface area is 191 Å². The number of piperazine rings is 1. The third-order valence-electron chi connectivity index (χ3n) is 5.27. The van der Waals surface area contributed by atoms with Crippen molar-refractivity contribution in [2.75, 3.05) is 36.4 Å². The summed E-state index contributed by atoms with van der Waals surface area (Å²) in [5.74, 6) is -1.37. The van der Waals surface area contributed by atoms with Crippen LogP contribution in [0.25, 0.3) is 0 Å². The first-order valence-corrected chi connectivity index (χ1v) is 11.8. The third-order valence-corrected chi connectivity index (χ3v) is 7.40. The number of halogens is 2. The number of carbonyl (C=O) groups is 1. The molecular weight excluding hydrogens is 453 g/mol. The Hall–Kier alpha value is -2.94. The molecule has 1 N–H and O–H groups in total. The Kier molecular flexibility index (Phi) is 6.45. The highest BCUT2D eigenvalue weighted by Gasteiger charge is 2.29. The Morgan fingerprint density at radius 2 is 1.62 bits per heavy atom. The van der Waals surface area contributed by atoms with Crippen LogP contribution in [0.5, 0.6) is 0 Å². The van der Waals surface area contributed by atoms with Crippen LogP contribution in [-0.4, -0.2) is 44.8 Å². The maximum absolute atomic E-state index is 14.7. The molecule has 0 aromatic heterocycles. The van der Waals surface area contributed by atoms with Crippen LogP contribution in [0.2, 0.25) is 5.02 Å². The van der Waals surface area contributed by atoms with E-state index >= 15 is 0 Å². The SMILES string of the molecule is O=C(Nc1ccc(S(=O)(=O)N2CCN(c3ccccc3)CC2)cc1F)c1cccc(Cl)c1. The summed E-state index contributed by atoms with van der Waals surface area (Å²) in [5, 5.41) is 2.83. The smallest absolute Gasteiger partial charge is 0.255 e. The van der Waals surface area contributed by atoms with Gasteiger partial charge >= 0.3 is 0 Å². The van der Waals surface area contributed by atoms with Gasteiger partial charge in [-0.25, -0.2) is 12.8 Å². The van der Waals surface area contributed by atoms with E-state index < -0.39 is 21.7 Å². The van der Waals surface area contributed by atoms with Gasteiger partial charge in [-0.15, -0.1) is 0 Å². The summed E-state index contributed by atoms with van der Waals surface area (Å²) in [4.78, 5) is 14.3. The molecule has 1 aliphatic rings. The van der Waals surface area contributed by atoms with Crippen LogP contribution in [0, 0.1) is 5.82 Å². The van der Waals surface area contributed by atoms with E-state index in [2.05, 4.69) is 10.2 Å². The molecule has 1 aliphatic heterocycles. The van der Waals surface area contributed by atoms with Gasteiger partial charge in [-0.1, -0.05) is 35.9 Å². The number of para-hydroxylation sites is 1. The lowest BCUT2D eigenvalue weighted by Gasteiger charge is -2.35. The normalized spacial score (nSPS) is 14.9. The maximum Gasteiger partial charge on any atom is 0.255 e. The van der Waals surface area contributed by atoms with Gasteiger partial charge in [-0.05, 0) is 48.5 Å². The molecule has 0 radical (unpaired) electrons. The van der Waals surface area contributed by atoms with Crippen LogP contribution in [0.15, 0.2) is 77.7 Å². The molecule has 4 rings (SSSR count). The van der Waals surface area contributed by atoms with Gasteiger partial charge in [0.05, 0.1) is 10.6 Å². The Balaban J connectivity index is 1.45. The second-order valence-corrected chi connectivity index (χ2v) is 9.71. The highest BCUT2D eigenvalue weighted by atomic mass is 35.5. The van der Waals surface area contributed by atoms with E-state index in [0.29, 0.717) is 31.2 Å². The number of sulfonamides is 1. The lowest BCUT2D eigenvalue weighted by atomic mass is 10.2. The number of rotatable bonds is 5. The quantitative estimate of drug-likeness (QED) is 0.601. The number of hydrogen-bond acceptors (Lipinski definition) is 4. The molecule has 1 fully saturated rings. The fraction of sp³-hybridized carbons (Fsp3) is 0.174. The van der Waals surface area contributed by atoms with E-state index in [-0.39, 0.29) is 16.1 Å². The number of carbonyl (C=O) groups excluding carboxylic acids is 1. The summed E-state index contributed by atoms with van der Waals surface area (Å²) in [5.41, 5.74) is 1.20. The standard InChI is InChI=1S/C23H21ClFN3O3S/c24-18-6-4-5-17(15-18)23(29)26-22-10-9-20(16-21(22)25)32(30,31)28-13-11-27(12-14-28)19-7-2-1-3-8-19/h1-10,15-16H,11-14H2,(H,26,29). The number of hydrogen-bond donors (Lipinski definition) is 1. The molecule has 0 bridgehead atoms. The first-order chi connectivity index (χ1) is 15.3. The molecule has 32 heavy (non-hydrogen) atoms. The lowest BCUT2D eigenvalue weighted by Crippen LogP contribution is -2.48. The van der Waals surface area contributed by atoms with E-state index in [4.69, 9.17) is 11.6 Å². The molecule has 1 amide bonds. The predicted molar refractivity (Wildman–Crippen MR) is 123 cm³/mol. The van der Waals surface area contributed by atoms with Crippen molar-refractivity contribution in [3.63, 3.8) is 0 Å². The molecule has 1 heterocycles. The fourth-order valence-corrected chi connectivity index (χ4v) is 5.18. The highest BCUT2D eigenvalue weighted by molar-refractivity contribution is 7.89. The summed E-state index contributed by atoms with van der Waals surface area (Å²) in [6, 6.07) is 19.5. The van der Waals surface area contributed by atoms with Crippen molar-refractivity contribution in [2.24, 2.45) is 0 Å². The molecule has 3 aromatic rings. The number of nitrogens with zero attached hydrogens (tertiary/aromatic N) is 2. The minimum atomic E-state index is -3.86. The van der Waals surface area contributed by atoms with Crippen LogP contribution < -0.4 is 10.2 Å². The zero-order chi connectivity index (χ0) is 22.7. The van der Waals surface area contributed by atoms with Gasteiger partial charge in [0, 0.05) is 42.5 Å². The molecule has 0 atom stereocenters. The van der Waals surface area contributed by atoms with Gasteiger partial charge in [0.15, 0.2) is 0 Å². The first-order valence-electron chi connectivity index (χ1n) is 10.0. The molecule has 0 saturated carbocycles. The monoisotopic (exact) mass is 473 g/mol. The zero-order valence-electron chi connectivity index (χ0n) is 17.0. The van der Waals surface area contributed by atoms with E-state index in [1.54, 1.807) is 18.2 Å². The van der Waals surface area contributed by atoms with Gasteiger partial charge in [-0.2, -0.15) is 4.31 Å². The van der Waals surface area contributed by atoms with Crippen LogP contribution in [-0.2, 0) is 10.0 Å². The van der Waals surface area contributed by atoms with E-state index in [9.17, 15) is 17.6 Å². The van der Waals surface area contributed by atoms with Crippen molar-refractivity contribution in [3.8, 4) is 0 Å². The molecular formula is C23H21ClFN3O3S. The highest BCUT2D eigenvalue weighted by Crippen LogP contribution is 2.25. The van der Waals surface area contributed by atoms with Crippen LogP contribution in [0.3, 0.4) is 0 Å². The maximum atomic E-state index is 14.7. The van der Waals surface area contributed by atoms with Gasteiger partial charge < -0.3 is 10.2 Å². The Morgan fingerprint density at radius 3 is 2.28 bits per heavy atom. The lowest BCUT2D eigenvalue weighted by molar-refractivity contribution is 0.102. The van der Waals surface area contributed by atoms with Gasteiger partial charge in [0.2, 0.25) is 10.0 Å². The van der Waals surface area contributed by atoms with Crippen LogP contribution in [0.1, 0.15) is 10.4 Å². The van der Waals surface area contributed by atoms with Gasteiger partial charge in [0.25, 0.3) is 5.91 Å². The van der Waals surface area contributed by atoms with Crippen molar-refractivity contribution >= 4 is 38.9 Å². The molecule has 6 nitrogen and oxygen atoms in total. The fourth-order valence-electron chi connectivity index (χ4n) is 3.56. The predicted octanol–water partition coefficient (Wildman–Crippen LogP) is 4.24. The Morgan fingerprint density at radius 1 is 0.906 bits per heavy atom. The topological polar surface area (TPSA) is 69.7 Å². The number of amides is 1. The summed E-state index contributed by atoms with van der Waals surface area (Å²) in [7, 11) is -3.86. The molecule has 3 aromatic carbocycles. The largest absolute Gasteiger partial charge is 0.369 e. The zero-order valence-corrected chi connectivity index (χ0v) is 18.6. The summed E-state index contributed by atoms with van der Waals surface area (Å²) >= 11 is 5.88. The summed E-state index contributed by atoms with van der Waals surface area (Å²) in [6.45, 7) is 1.68. The Bertz CT molecular complexity index is 1230. The van der Waals surface area contributed by atoms with Gasteiger partial charge in [-0.3, -0.25) is 4.79 Å². The van der Waals surface area contributed by atoms with Crippen molar-refractivity contribution in [3.05, 3.63) is 89.2 Å². The molecule has 1 saturated heterocycles. The number of nitrogens with one attached hydrogen (secondary N) is 1. The summed E-state index contributed by atoms with van der Waals surface area (Å²) in [6.07, 6.45) is 0. The van der Waals surface area contributed by atoms with Crippen LogP contribution in [0.4, 0.5) is 15.8 Å². The van der Waals surface area contributed by atoms with Gasteiger partial charge in [0.1, 0.15) is 5.82 Å². The first kappa shape index (κ1) is 22.3. The molecule has 0 spiro atoms. The third kappa shape index (κ3) is 4.77. The average Bonchev–Trinajstić information content (AvgIpc) is 2.81. The minimum Gasteiger partial charge on any atom is -0.369 e. The minimum absolute atomic E-state index is 0.108. The molecule has 0 aliphatic carbocycles. The van der Waals surface area contributed by atoms with E-state index in [1.165, 1.54) is 22.5 Å². The average molecular weight is 474 g/mol. The molecule has 166 valence electrons.